The summed E-state index contributed by atoms with van der Waals surface area (Å²) in [5, 5.41) is 0. The minimum atomic E-state index is 0.208. The minimum Gasteiger partial charge on any atom is -0.369 e. The highest BCUT2D eigenvalue weighted by atomic mass is 15.2. The van der Waals surface area contributed by atoms with Gasteiger partial charge < -0.3 is 10.6 Å². The van der Waals surface area contributed by atoms with Gasteiger partial charge in [-0.3, -0.25) is 0 Å². The second-order valence-electron chi connectivity index (χ2n) is 5.95. The normalized spacial score (nSPS) is 13.1. The molecule has 0 aliphatic heterocycles. The van der Waals surface area contributed by atoms with E-state index in [1.807, 2.05) is 0 Å². The first-order valence-corrected chi connectivity index (χ1v) is 7.02. The molecule has 18 heavy (non-hydrogen) atoms. The summed E-state index contributed by atoms with van der Waals surface area (Å²) in [5.74, 6) is 0.663. The average molecular weight is 248 g/mol. The summed E-state index contributed by atoms with van der Waals surface area (Å²) in [6, 6.07) is 9.38. The summed E-state index contributed by atoms with van der Waals surface area (Å²) in [6.45, 7) is 12.2. The topological polar surface area (TPSA) is 29.3 Å². The van der Waals surface area contributed by atoms with Gasteiger partial charge in [-0.2, -0.15) is 0 Å². The standard InChI is InChI=1S/C16H28N2/c1-12(2)11-18(13(3)4)16-9-7-6-8-15(16)10-14(5)17/h6-9,12-14H,10-11,17H2,1-5H3. The molecule has 0 spiro atoms. The van der Waals surface area contributed by atoms with Crippen LogP contribution in [0.5, 0.6) is 0 Å². The third-order valence-corrected chi connectivity index (χ3v) is 3.03. The van der Waals surface area contributed by atoms with E-state index >= 15 is 0 Å². The molecule has 0 amide bonds. The summed E-state index contributed by atoms with van der Waals surface area (Å²) in [4.78, 5) is 2.49. The molecule has 0 bridgehead atoms. The Labute approximate surface area is 112 Å². The number of benzene rings is 1. The molecule has 0 aromatic heterocycles. The third kappa shape index (κ3) is 4.34. The summed E-state index contributed by atoms with van der Waals surface area (Å²) in [7, 11) is 0. The van der Waals surface area contributed by atoms with Gasteiger partial charge in [-0.15, -0.1) is 0 Å². The second-order valence-corrected chi connectivity index (χ2v) is 5.95. The van der Waals surface area contributed by atoms with Gasteiger partial charge >= 0.3 is 0 Å². The minimum absolute atomic E-state index is 0.208. The molecule has 0 aliphatic rings. The molecule has 102 valence electrons. The van der Waals surface area contributed by atoms with Gasteiger partial charge in [0.2, 0.25) is 0 Å². The van der Waals surface area contributed by atoms with Crippen LogP contribution >= 0.6 is 0 Å². The number of para-hydroxylation sites is 1. The van der Waals surface area contributed by atoms with Gasteiger partial charge in [0.05, 0.1) is 0 Å². The molecule has 2 heteroatoms. The van der Waals surface area contributed by atoms with E-state index in [1.54, 1.807) is 0 Å². The van der Waals surface area contributed by atoms with Crippen LogP contribution < -0.4 is 10.6 Å². The maximum absolute atomic E-state index is 5.95. The van der Waals surface area contributed by atoms with Crippen LogP contribution in [0.25, 0.3) is 0 Å². The van der Waals surface area contributed by atoms with E-state index < -0.39 is 0 Å². The highest BCUT2D eigenvalue weighted by Gasteiger charge is 2.15. The van der Waals surface area contributed by atoms with Crippen molar-refractivity contribution in [1.29, 1.82) is 0 Å². The van der Waals surface area contributed by atoms with E-state index in [4.69, 9.17) is 5.73 Å². The van der Waals surface area contributed by atoms with E-state index in [2.05, 4.69) is 63.8 Å². The Morgan fingerprint density at radius 1 is 1.06 bits per heavy atom. The fourth-order valence-electron chi connectivity index (χ4n) is 2.29. The second kappa shape index (κ2) is 6.79. The van der Waals surface area contributed by atoms with Crippen LogP contribution in [0.2, 0.25) is 0 Å². The Morgan fingerprint density at radius 2 is 1.67 bits per heavy atom. The Kier molecular flexibility index (Phi) is 5.67. The molecule has 1 aromatic rings. The van der Waals surface area contributed by atoms with Crippen molar-refractivity contribution in [3.63, 3.8) is 0 Å². The van der Waals surface area contributed by atoms with Gasteiger partial charge in [0.15, 0.2) is 0 Å². The molecular weight excluding hydrogens is 220 g/mol. The fraction of sp³-hybridized carbons (Fsp3) is 0.625. The monoisotopic (exact) mass is 248 g/mol. The molecule has 2 N–H and O–H groups in total. The number of nitrogens with two attached hydrogens (primary N) is 1. The molecule has 0 saturated heterocycles. The van der Waals surface area contributed by atoms with E-state index in [0.29, 0.717) is 12.0 Å². The highest BCUT2D eigenvalue weighted by molar-refractivity contribution is 5.54. The number of anilines is 1. The molecule has 0 fully saturated rings. The van der Waals surface area contributed by atoms with Gasteiger partial charge in [-0.25, -0.2) is 0 Å². The quantitative estimate of drug-likeness (QED) is 0.835. The number of rotatable bonds is 6. The van der Waals surface area contributed by atoms with Crippen LogP contribution in [0, 0.1) is 5.92 Å². The van der Waals surface area contributed by atoms with Gasteiger partial charge in [0.25, 0.3) is 0 Å². The van der Waals surface area contributed by atoms with Gasteiger partial charge in [0.1, 0.15) is 0 Å². The summed E-state index contributed by atoms with van der Waals surface area (Å²) < 4.78 is 0. The van der Waals surface area contributed by atoms with Gasteiger partial charge in [0, 0.05) is 24.3 Å². The number of hydrogen-bond donors (Lipinski definition) is 1. The van der Waals surface area contributed by atoms with Crippen molar-refractivity contribution < 1.29 is 0 Å². The van der Waals surface area contributed by atoms with Crippen molar-refractivity contribution in [1.82, 2.24) is 0 Å². The molecule has 1 aromatic carbocycles. The van der Waals surface area contributed by atoms with Crippen LogP contribution in [0.4, 0.5) is 5.69 Å². The molecular formula is C16H28N2. The Bertz CT molecular complexity index is 356. The third-order valence-electron chi connectivity index (χ3n) is 3.03. The van der Waals surface area contributed by atoms with Gasteiger partial charge in [-0.1, -0.05) is 32.0 Å². The zero-order valence-electron chi connectivity index (χ0n) is 12.5. The molecule has 2 nitrogen and oxygen atoms in total. The zero-order valence-corrected chi connectivity index (χ0v) is 12.5. The summed E-state index contributed by atoms with van der Waals surface area (Å²) >= 11 is 0. The van der Waals surface area contributed by atoms with Crippen LogP contribution in [-0.4, -0.2) is 18.6 Å². The number of hydrogen-bond acceptors (Lipinski definition) is 2. The Morgan fingerprint density at radius 3 is 2.17 bits per heavy atom. The summed E-state index contributed by atoms with van der Waals surface area (Å²) in [5.41, 5.74) is 8.66. The first kappa shape index (κ1) is 15.0. The van der Waals surface area contributed by atoms with Crippen molar-refractivity contribution in [3.8, 4) is 0 Å². The van der Waals surface area contributed by atoms with Crippen molar-refractivity contribution in [2.45, 2.75) is 53.1 Å². The molecule has 1 atom stereocenters. The van der Waals surface area contributed by atoms with Crippen LogP contribution in [0.15, 0.2) is 24.3 Å². The average Bonchev–Trinajstić information content (AvgIpc) is 2.25. The van der Waals surface area contributed by atoms with Crippen LogP contribution in [0.3, 0.4) is 0 Å². The smallest absolute Gasteiger partial charge is 0.0401 e. The lowest BCUT2D eigenvalue weighted by Gasteiger charge is -2.33. The fourth-order valence-corrected chi connectivity index (χ4v) is 2.29. The Hall–Kier alpha value is -1.02. The molecule has 1 rings (SSSR count). The molecule has 0 radical (unpaired) electrons. The van der Waals surface area contributed by atoms with E-state index in [0.717, 1.165) is 13.0 Å². The predicted octanol–water partition coefficient (Wildman–Crippen LogP) is 3.45. The van der Waals surface area contributed by atoms with Crippen molar-refractivity contribution in [2.24, 2.45) is 11.7 Å². The van der Waals surface area contributed by atoms with Gasteiger partial charge in [-0.05, 0) is 44.7 Å². The maximum Gasteiger partial charge on any atom is 0.0401 e. The van der Waals surface area contributed by atoms with Crippen LogP contribution in [0.1, 0.15) is 40.2 Å². The molecule has 0 heterocycles. The lowest BCUT2D eigenvalue weighted by molar-refractivity contribution is 0.568. The molecule has 1 unspecified atom stereocenters. The molecule has 0 aliphatic carbocycles. The zero-order chi connectivity index (χ0) is 13.7. The van der Waals surface area contributed by atoms with Crippen LogP contribution in [-0.2, 0) is 6.42 Å². The van der Waals surface area contributed by atoms with Crippen molar-refractivity contribution in [2.75, 3.05) is 11.4 Å². The first-order chi connectivity index (χ1) is 8.41. The highest BCUT2D eigenvalue weighted by Crippen LogP contribution is 2.24. The van der Waals surface area contributed by atoms with Crippen molar-refractivity contribution >= 4 is 5.69 Å². The van der Waals surface area contributed by atoms with Crippen molar-refractivity contribution in [3.05, 3.63) is 29.8 Å². The summed E-state index contributed by atoms with van der Waals surface area (Å²) in [6.07, 6.45) is 0.942. The van der Waals surface area contributed by atoms with E-state index in [-0.39, 0.29) is 6.04 Å². The maximum atomic E-state index is 5.95. The lowest BCUT2D eigenvalue weighted by atomic mass is 10.0. The predicted molar refractivity (Wildman–Crippen MR) is 81.1 cm³/mol. The Balaban J connectivity index is 3.03. The SMILES string of the molecule is CC(C)CN(c1ccccc1CC(C)N)C(C)C. The largest absolute Gasteiger partial charge is 0.369 e. The first-order valence-electron chi connectivity index (χ1n) is 7.02. The van der Waals surface area contributed by atoms with E-state index in [9.17, 15) is 0 Å². The number of nitrogens with zero attached hydrogens (tertiary/aromatic N) is 1. The lowest BCUT2D eigenvalue weighted by Crippen LogP contribution is -2.35. The van der Waals surface area contributed by atoms with E-state index in [1.165, 1.54) is 11.3 Å². The molecule has 0 saturated carbocycles.